The summed E-state index contributed by atoms with van der Waals surface area (Å²) in [7, 11) is 1.64. The summed E-state index contributed by atoms with van der Waals surface area (Å²) in [5.41, 5.74) is 5.15. The van der Waals surface area contributed by atoms with Crippen molar-refractivity contribution in [2.45, 2.75) is 13.3 Å². The molecular formula is C25H22N4O2. The minimum atomic E-state index is -0.111. The van der Waals surface area contributed by atoms with Crippen molar-refractivity contribution in [3.63, 3.8) is 0 Å². The molecule has 4 aromatic rings. The highest BCUT2D eigenvalue weighted by Crippen LogP contribution is 2.27. The Balaban J connectivity index is 1.39. The van der Waals surface area contributed by atoms with Crippen molar-refractivity contribution in [1.29, 1.82) is 0 Å². The molecule has 0 unspecified atom stereocenters. The van der Waals surface area contributed by atoms with E-state index in [1.54, 1.807) is 13.3 Å². The van der Waals surface area contributed by atoms with Crippen molar-refractivity contribution in [3.8, 4) is 5.75 Å². The molecule has 3 heterocycles. The molecule has 154 valence electrons. The number of methoxy groups -OCH3 is 1. The van der Waals surface area contributed by atoms with Crippen LogP contribution in [-0.2, 0) is 11.2 Å². The molecule has 0 spiro atoms. The molecule has 0 fully saturated rings. The Morgan fingerprint density at radius 3 is 2.87 bits per heavy atom. The molecule has 0 atom stereocenters. The van der Waals surface area contributed by atoms with E-state index in [1.165, 1.54) is 0 Å². The van der Waals surface area contributed by atoms with Gasteiger partial charge in [-0.3, -0.25) is 9.79 Å². The highest BCUT2D eigenvalue weighted by atomic mass is 16.5. The molecule has 6 nitrogen and oxygen atoms in total. The van der Waals surface area contributed by atoms with Crippen LogP contribution in [0.1, 0.15) is 16.8 Å². The molecule has 0 saturated carbocycles. The highest BCUT2D eigenvalue weighted by Gasteiger charge is 2.14. The predicted octanol–water partition coefficient (Wildman–Crippen LogP) is 4.68. The van der Waals surface area contributed by atoms with Crippen LogP contribution in [0, 0.1) is 6.92 Å². The number of pyridine rings is 1. The quantitative estimate of drug-likeness (QED) is 0.501. The van der Waals surface area contributed by atoms with E-state index in [0.29, 0.717) is 5.82 Å². The van der Waals surface area contributed by atoms with Crippen molar-refractivity contribution in [2.75, 3.05) is 19.0 Å². The zero-order chi connectivity index (χ0) is 21.4. The number of fused-ring (bicyclic) bond motifs is 2. The SMILES string of the molecule is COc1ccc2[nH]c(C)c(CC(=O)Nc3cc4cc(C5=CCN=C5)ccc4cn3)c2c1. The first kappa shape index (κ1) is 19.1. The van der Waals surface area contributed by atoms with Gasteiger partial charge in [0.1, 0.15) is 11.6 Å². The lowest BCUT2D eigenvalue weighted by Gasteiger charge is -2.08. The minimum absolute atomic E-state index is 0.111. The number of carbonyl (C=O) groups is 1. The number of allylic oxidation sites excluding steroid dienone is 1. The van der Waals surface area contributed by atoms with Crippen LogP contribution in [0.15, 0.2) is 59.7 Å². The molecule has 0 bridgehead atoms. The monoisotopic (exact) mass is 410 g/mol. The molecule has 1 aliphatic heterocycles. The van der Waals surface area contributed by atoms with Crippen LogP contribution in [0.25, 0.3) is 27.2 Å². The number of aromatic amines is 1. The molecule has 2 aromatic carbocycles. The normalized spacial score (nSPS) is 13.0. The molecular weight excluding hydrogens is 388 g/mol. The van der Waals surface area contributed by atoms with Crippen molar-refractivity contribution in [2.24, 2.45) is 4.99 Å². The lowest BCUT2D eigenvalue weighted by molar-refractivity contribution is -0.115. The van der Waals surface area contributed by atoms with E-state index in [0.717, 1.165) is 56.4 Å². The zero-order valence-electron chi connectivity index (χ0n) is 17.4. The van der Waals surface area contributed by atoms with Gasteiger partial charge in [-0.05, 0) is 59.3 Å². The van der Waals surface area contributed by atoms with E-state index in [9.17, 15) is 4.79 Å². The number of H-pyrrole nitrogens is 1. The van der Waals surface area contributed by atoms with Crippen LogP contribution in [0.5, 0.6) is 5.75 Å². The second-order valence-electron chi connectivity index (χ2n) is 7.65. The number of ether oxygens (including phenoxy) is 1. The fraction of sp³-hybridized carbons (Fsp3) is 0.160. The molecule has 2 aromatic heterocycles. The minimum Gasteiger partial charge on any atom is -0.497 e. The molecule has 5 rings (SSSR count). The van der Waals surface area contributed by atoms with Gasteiger partial charge in [-0.2, -0.15) is 0 Å². The summed E-state index contributed by atoms with van der Waals surface area (Å²) in [6.07, 6.45) is 6.03. The molecule has 2 N–H and O–H groups in total. The Morgan fingerprint density at radius 2 is 2.06 bits per heavy atom. The van der Waals surface area contributed by atoms with Gasteiger partial charge in [-0.1, -0.05) is 18.2 Å². The maximum Gasteiger partial charge on any atom is 0.230 e. The third kappa shape index (κ3) is 3.68. The number of hydrogen-bond acceptors (Lipinski definition) is 4. The molecule has 0 saturated heterocycles. The Bertz CT molecular complexity index is 1380. The number of aromatic nitrogens is 2. The van der Waals surface area contributed by atoms with Crippen molar-refractivity contribution < 1.29 is 9.53 Å². The number of rotatable bonds is 5. The highest BCUT2D eigenvalue weighted by molar-refractivity contribution is 6.12. The van der Waals surface area contributed by atoms with Gasteiger partial charge >= 0.3 is 0 Å². The first-order valence-corrected chi connectivity index (χ1v) is 10.2. The largest absolute Gasteiger partial charge is 0.497 e. The molecule has 0 aliphatic carbocycles. The Hall–Kier alpha value is -3.93. The lowest BCUT2D eigenvalue weighted by Crippen LogP contribution is -2.15. The summed E-state index contributed by atoms with van der Waals surface area (Å²) in [5.74, 6) is 1.20. The zero-order valence-corrected chi connectivity index (χ0v) is 17.4. The molecule has 1 amide bonds. The first-order chi connectivity index (χ1) is 15.1. The maximum atomic E-state index is 12.8. The predicted molar refractivity (Wildman–Crippen MR) is 125 cm³/mol. The number of hydrogen-bond donors (Lipinski definition) is 2. The topological polar surface area (TPSA) is 79.4 Å². The average molecular weight is 410 g/mol. The van der Waals surface area contributed by atoms with Gasteiger partial charge in [-0.25, -0.2) is 4.98 Å². The third-order valence-corrected chi connectivity index (χ3v) is 5.63. The van der Waals surface area contributed by atoms with Gasteiger partial charge in [0.2, 0.25) is 5.91 Å². The van der Waals surface area contributed by atoms with Gasteiger partial charge < -0.3 is 15.0 Å². The van der Waals surface area contributed by atoms with Crippen LogP contribution >= 0.6 is 0 Å². The molecule has 31 heavy (non-hydrogen) atoms. The number of nitrogens with zero attached hydrogens (tertiary/aromatic N) is 2. The van der Waals surface area contributed by atoms with Gasteiger partial charge in [0.25, 0.3) is 0 Å². The van der Waals surface area contributed by atoms with Crippen LogP contribution < -0.4 is 10.1 Å². The fourth-order valence-electron chi connectivity index (χ4n) is 4.00. The van der Waals surface area contributed by atoms with Gasteiger partial charge in [0.15, 0.2) is 0 Å². The number of benzene rings is 2. The van der Waals surface area contributed by atoms with E-state index in [-0.39, 0.29) is 12.3 Å². The van der Waals surface area contributed by atoms with Crippen LogP contribution in [0.3, 0.4) is 0 Å². The Labute approximate surface area is 179 Å². The summed E-state index contributed by atoms with van der Waals surface area (Å²) in [4.78, 5) is 24.8. The van der Waals surface area contributed by atoms with E-state index in [2.05, 4.69) is 38.5 Å². The molecule has 1 aliphatic rings. The fourth-order valence-corrected chi connectivity index (χ4v) is 4.00. The van der Waals surface area contributed by atoms with Crippen molar-refractivity contribution in [3.05, 3.63) is 71.6 Å². The lowest BCUT2D eigenvalue weighted by atomic mass is 10.0. The van der Waals surface area contributed by atoms with E-state index in [4.69, 9.17) is 4.74 Å². The number of nitrogens with one attached hydrogen (secondary N) is 2. The average Bonchev–Trinajstić information content (AvgIpc) is 3.41. The molecule has 0 radical (unpaired) electrons. The Morgan fingerprint density at radius 1 is 1.16 bits per heavy atom. The summed E-state index contributed by atoms with van der Waals surface area (Å²) < 4.78 is 5.34. The van der Waals surface area contributed by atoms with Gasteiger partial charge in [-0.15, -0.1) is 0 Å². The number of anilines is 1. The van der Waals surface area contributed by atoms with Crippen molar-refractivity contribution >= 4 is 45.2 Å². The van der Waals surface area contributed by atoms with Crippen molar-refractivity contribution in [1.82, 2.24) is 9.97 Å². The Kier molecular flexibility index (Phi) is 4.75. The van der Waals surface area contributed by atoms with Crippen LogP contribution in [0.4, 0.5) is 5.82 Å². The number of amides is 1. The summed E-state index contributed by atoms with van der Waals surface area (Å²) in [5, 5.41) is 5.99. The number of aryl methyl sites for hydroxylation is 1. The van der Waals surface area contributed by atoms with E-state index < -0.39 is 0 Å². The van der Waals surface area contributed by atoms with Gasteiger partial charge in [0.05, 0.1) is 20.1 Å². The van der Waals surface area contributed by atoms with Crippen LogP contribution in [0.2, 0.25) is 0 Å². The van der Waals surface area contributed by atoms with E-state index in [1.807, 2.05) is 43.5 Å². The maximum absolute atomic E-state index is 12.8. The van der Waals surface area contributed by atoms with E-state index >= 15 is 0 Å². The summed E-state index contributed by atoms with van der Waals surface area (Å²) >= 11 is 0. The smallest absolute Gasteiger partial charge is 0.230 e. The standard InChI is InChI=1S/C25H22N4O2/c1-15-21(22-11-20(31-2)5-6-23(22)28-15)12-25(30)29-24-10-19-9-16(18-7-8-26-13-18)3-4-17(19)14-27-24/h3-7,9-11,13-14,28H,8,12H2,1-2H3,(H,27,29,30). The van der Waals surface area contributed by atoms with Gasteiger partial charge in [0, 0.05) is 34.4 Å². The number of carbonyl (C=O) groups excluding carboxylic acids is 1. The molecule has 6 heteroatoms. The third-order valence-electron chi connectivity index (χ3n) is 5.63. The first-order valence-electron chi connectivity index (χ1n) is 10.2. The van der Waals surface area contributed by atoms with Crippen LogP contribution in [-0.4, -0.2) is 35.7 Å². The summed E-state index contributed by atoms with van der Waals surface area (Å²) in [6.45, 7) is 2.70. The second-order valence-corrected chi connectivity index (χ2v) is 7.65. The summed E-state index contributed by atoms with van der Waals surface area (Å²) in [6, 6.07) is 14.0. The second kappa shape index (κ2) is 7.72. The number of aliphatic imine (C=N–C) groups is 1.